The van der Waals surface area contributed by atoms with Gasteiger partial charge in [-0.15, -0.1) is 17.7 Å². The molecule has 0 fully saturated rings. The van der Waals surface area contributed by atoms with Crippen LogP contribution in [0, 0.1) is 6.92 Å². The van der Waals surface area contributed by atoms with Crippen molar-refractivity contribution < 1.29 is 16.3 Å². The van der Waals surface area contributed by atoms with Crippen LogP contribution in [0.15, 0.2) is 54.6 Å². The van der Waals surface area contributed by atoms with E-state index in [9.17, 15) is 0 Å². The second-order valence-corrected chi connectivity index (χ2v) is 3.43. The summed E-state index contributed by atoms with van der Waals surface area (Å²) in [4.78, 5) is 0. The molecule has 0 saturated heterocycles. The predicted octanol–water partition coefficient (Wildman–Crippen LogP) is 4.30. The SMILES string of the molecule is [CH2-]c1ccccc1Cc1ccccc1.[Zn+][Br]. The Labute approximate surface area is 114 Å². The van der Waals surface area contributed by atoms with Gasteiger partial charge in [0.1, 0.15) is 0 Å². The van der Waals surface area contributed by atoms with E-state index >= 15 is 0 Å². The third-order valence-electron chi connectivity index (χ3n) is 2.36. The molecular formula is C14H13BrZn. The zero-order valence-corrected chi connectivity index (χ0v) is 13.7. The summed E-state index contributed by atoms with van der Waals surface area (Å²) in [6, 6.07) is 18.7. The maximum atomic E-state index is 4.02. The normalized spacial score (nSPS) is 9.19. The average Bonchev–Trinajstić information content (AvgIpc) is 2.36. The van der Waals surface area contributed by atoms with E-state index in [1.165, 1.54) is 27.5 Å². The van der Waals surface area contributed by atoms with Crippen LogP contribution in [0.1, 0.15) is 16.7 Å². The van der Waals surface area contributed by atoms with E-state index in [1.807, 2.05) is 12.1 Å². The molecule has 0 radical (unpaired) electrons. The molecule has 2 rings (SSSR count). The predicted molar refractivity (Wildman–Crippen MR) is 69.1 cm³/mol. The third-order valence-corrected chi connectivity index (χ3v) is 2.36. The fraction of sp³-hybridized carbons (Fsp3) is 0.0714. The standard InChI is InChI=1S/C14H13.BrH.Zn/c1-12-7-5-6-10-14(12)11-13-8-3-2-4-9-13;;/h2-10H,1,11H2;1H;/q-1;;+2/p-1. The number of rotatable bonds is 2. The number of benzene rings is 2. The van der Waals surface area contributed by atoms with Crippen LogP contribution >= 0.6 is 13.6 Å². The molecule has 16 heavy (non-hydrogen) atoms. The minimum absolute atomic E-state index is 0.973. The fourth-order valence-corrected chi connectivity index (χ4v) is 1.55. The maximum absolute atomic E-state index is 4.02. The van der Waals surface area contributed by atoms with E-state index < -0.39 is 0 Å². The Kier molecular flexibility index (Phi) is 6.44. The molecule has 0 amide bonds. The van der Waals surface area contributed by atoms with Gasteiger partial charge in [0.15, 0.2) is 0 Å². The molecule has 0 nitrogen and oxygen atoms in total. The molecule has 0 bridgehead atoms. The molecule has 2 aromatic rings. The molecule has 0 N–H and O–H groups in total. The van der Waals surface area contributed by atoms with E-state index in [4.69, 9.17) is 0 Å². The summed E-state index contributed by atoms with van der Waals surface area (Å²) >= 11 is 4.25. The zero-order valence-electron chi connectivity index (χ0n) is 9.20. The first kappa shape index (κ1) is 13.5. The van der Waals surface area contributed by atoms with E-state index in [0.717, 1.165) is 12.0 Å². The monoisotopic (exact) mass is 324 g/mol. The second kappa shape index (κ2) is 7.65. The van der Waals surface area contributed by atoms with Gasteiger partial charge in [-0.3, -0.25) is 0 Å². The average molecular weight is 327 g/mol. The molecule has 0 aliphatic carbocycles. The van der Waals surface area contributed by atoms with Crippen LogP contribution in [0.5, 0.6) is 0 Å². The second-order valence-electron chi connectivity index (χ2n) is 3.43. The van der Waals surface area contributed by atoms with Crippen molar-refractivity contribution in [2.75, 3.05) is 0 Å². The molecule has 0 aliphatic heterocycles. The van der Waals surface area contributed by atoms with Gasteiger partial charge < -0.3 is 0 Å². The molecule has 0 unspecified atom stereocenters. The Morgan fingerprint density at radius 3 is 2.06 bits per heavy atom. The van der Waals surface area contributed by atoms with Crippen LogP contribution < -0.4 is 0 Å². The van der Waals surface area contributed by atoms with Crippen molar-refractivity contribution in [3.8, 4) is 0 Å². The van der Waals surface area contributed by atoms with Gasteiger partial charge in [-0.05, 0) is 6.42 Å². The zero-order chi connectivity index (χ0) is 11.8. The topological polar surface area (TPSA) is 0 Å². The molecule has 2 heteroatoms. The Balaban J connectivity index is 0.000000606. The first-order valence-corrected chi connectivity index (χ1v) is 12.0. The molecular weight excluding hydrogens is 313 g/mol. The quantitative estimate of drug-likeness (QED) is 0.570. The summed E-state index contributed by atoms with van der Waals surface area (Å²) < 4.78 is 0. The molecule has 0 aromatic heterocycles. The van der Waals surface area contributed by atoms with Crippen LogP contribution in [0.3, 0.4) is 0 Å². The van der Waals surface area contributed by atoms with Crippen LogP contribution in [0.4, 0.5) is 0 Å². The Hall–Kier alpha value is -0.587. The molecule has 78 valence electrons. The minimum atomic E-state index is 0.973. The van der Waals surface area contributed by atoms with Crippen LogP contribution in [0.2, 0.25) is 0 Å². The van der Waals surface area contributed by atoms with Crippen molar-refractivity contribution >= 4 is 13.6 Å². The first-order chi connectivity index (χ1) is 7.86. The van der Waals surface area contributed by atoms with Crippen molar-refractivity contribution in [3.05, 3.63) is 78.2 Å². The van der Waals surface area contributed by atoms with Gasteiger partial charge in [-0.2, -0.15) is 18.6 Å². The van der Waals surface area contributed by atoms with Gasteiger partial charge in [0.2, 0.25) is 0 Å². The molecule has 0 aliphatic rings. The Bertz CT molecular complexity index is 412. The number of hydrogen-bond donors (Lipinski definition) is 0. The molecule has 2 aromatic carbocycles. The van der Waals surface area contributed by atoms with Crippen LogP contribution in [-0.4, -0.2) is 0 Å². The van der Waals surface area contributed by atoms with Crippen molar-refractivity contribution in [3.63, 3.8) is 0 Å². The third kappa shape index (κ3) is 4.11. The van der Waals surface area contributed by atoms with E-state index in [-0.39, 0.29) is 0 Å². The van der Waals surface area contributed by atoms with Crippen molar-refractivity contribution in [2.24, 2.45) is 0 Å². The van der Waals surface area contributed by atoms with Crippen molar-refractivity contribution in [2.45, 2.75) is 6.42 Å². The van der Waals surface area contributed by atoms with Gasteiger partial charge in [0, 0.05) is 0 Å². The van der Waals surface area contributed by atoms with Crippen LogP contribution in [0.25, 0.3) is 0 Å². The molecule has 0 spiro atoms. The van der Waals surface area contributed by atoms with Gasteiger partial charge in [-0.1, -0.05) is 42.0 Å². The molecule has 0 heterocycles. The summed E-state index contributed by atoms with van der Waals surface area (Å²) in [5.41, 5.74) is 3.76. The van der Waals surface area contributed by atoms with Gasteiger partial charge in [-0.25, -0.2) is 0 Å². The summed E-state index contributed by atoms with van der Waals surface area (Å²) in [5, 5.41) is 0. The van der Waals surface area contributed by atoms with Crippen LogP contribution in [-0.2, 0) is 22.8 Å². The summed E-state index contributed by atoms with van der Waals surface area (Å²) in [6.45, 7) is 4.02. The molecule has 0 saturated carbocycles. The number of hydrogen-bond acceptors (Lipinski definition) is 0. The first-order valence-electron chi connectivity index (χ1n) is 5.07. The van der Waals surface area contributed by atoms with E-state index in [0.29, 0.717) is 0 Å². The van der Waals surface area contributed by atoms with Crippen molar-refractivity contribution in [1.82, 2.24) is 0 Å². The van der Waals surface area contributed by atoms with Gasteiger partial charge in [0.05, 0.1) is 0 Å². The fourth-order valence-electron chi connectivity index (χ4n) is 1.55. The van der Waals surface area contributed by atoms with E-state index in [2.05, 4.69) is 63.0 Å². The van der Waals surface area contributed by atoms with Gasteiger partial charge in [0.25, 0.3) is 0 Å². The summed E-state index contributed by atoms with van der Waals surface area (Å²) in [7, 11) is 0. The number of halogens is 1. The Morgan fingerprint density at radius 1 is 0.875 bits per heavy atom. The Morgan fingerprint density at radius 2 is 1.44 bits per heavy atom. The van der Waals surface area contributed by atoms with E-state index in [1.54, 1.807) is 0 Å². The summed E-state index contributed by atoms with van der Waals surface area (Å²) in [6.07, 6.45) is 0.973. The van der Waals surface area contributed by atoms with Gasteiger partial charge >= 0.3 is 30.0 Å². The van der Waals surface area contributed by atoms with Crippen molar-refractivity contribution in [1.29, 1.82) is 0 Å². The molecule has 0 atom stereocenters. The summed E-state index contributed by atoms with van der Waals surface area (Å²) in [5.74, 6) is 0.